The highest BCUT2D eigenvalue weighted by atomic mass is 16.5. The van der Waals surface area contributed by atoms with Crippen molar-refractivity contribution in [2.45, 2.75) is 46.3 Å². The van der Waals surface area contributed by atoms with Gasteiger partial charge in [0.05, 0.1) is 0 Å². The van der Waals surface area contributed by atoms with Crippen molar-refractivity contribution in [3.05, 3.63) is 35.9 Å². The fourth-order valence-corrected chi connectivity index (χ4v) is 3.25. The Balaban J connectivity index is 1.83. The van der Waals surface area contributed by atoms with E-state index in [1.54, 1.807) is 0 Å². The van der Waals surface area contributed by atoms with Crippen LogP contribution in [0, 0.1) is 11.8 Å². The molecule has 0 aliphatic carbocycles. The van der Waals surface area contributed by atoms with Gasteiger partial charge in [0.1, 0.15) is 6.61 Å². The summed E-state index contributed by atoms with van der Waals surface area (Å²) in [7, 11) is 0. The molecule has 0 saturated carbocycles. The first-order valence-corrected chi connectivity index (χ1v) is 8.78. The Morgan fingerprint density at radius 3 is 2.70 bits per heavy atom. The van der Waals surface area contributed by atoms with Crippen molar-refractivity contribution in [2.24, 2.45) is 11.8 Å². The minimum atomic E-state index is -0.306. The fourth-order valence-electron chi connectivity index (χ4n) is 3.25. The summed E-state index contributed by atoms with van der Waals surface area (Å²) < 4.78 is 5.35. The van der Waals surface area contributed by atoms with Gasteiger partial charge in [0.15, 0.2) is 0 Å². The molecule has 0 radical (unpaired) electrons. The third-order valence-corrected chi connectivity index (χ3v) is 4.58. The molecule has 1 aliphatic heterocycles. The minimum absolute atomic E-state index is 0.186. The molecule has 0 aromatic heterocycles. The first-order chi connectivity index (χ1) is 11.1. The van der Waals surface area contributed by atoms with Gasteiger partial charge in [-0.05, 0) is 36.8 Å². The number of alkyl carbamates (subject to hydrolysis) is 1. The minimum Gasteiger partial charge on any atom is -0.445 e. The van der Waals surface area contributed by atoms with Crippen LogP contribution in [0.25, 0.3) is 0 Å². The second kappa shape index (κ2) is 8.92. The van der Waals surface area contributed by atoms with Gasteiger partial charge in [0, 0.05) is 19.1 Å². The van der Waals surface area contributed by atoms with Crippen molar-refractivity contribution in [2.75, 3.05) is 19.6 Å². The number of carbonyl (C=O) groups is 1. The number of hydrogen-bond donors (Lipinski definition) is 1. The van der Waals surface area contributed by atoms with E-state index in [1.165, 1.54) is 0 Å². The number of carbonyl (C=O) groups excluding carboxylic acids is 1. The first-order valence-electron chi connectivity index (χ1n) is 8.78. The highest BCUT2D eigenvalue weighted by Gasteiger charge is 2.29. The van der Waals surface area contributed by atoms with Crippen molar-refractivity contribution in [3.63, 3.8) is 0 Å². The summed E-state index contributed by atoms with van der Waals surface area (Å²) in [6.45, 7) is 10.2. The third kappa shape index (κ3) is 5.87. The summed E-state index contributed by atoms with van der Waals surface area (Å²) in [5.74, 6) is 1.27. The van der Waals surface area contributed by atoms with E-state index in [0.29, 0.717) is 18.4 Å². The number of nitrogens with zero attached hydrogens (tertiary/aromatic N) is 1. The Morgan fingerprint density at radius 2 is 2.04 bits per heavy atom. The van der Waals surface area contributed by atoms with E-state index in [2.05, 4.69) is 31.0 Å². The van der Waals surface area contributed by atoms with Crippen molar-refractivity contribution >= 4 is 6.09 Å². The fraction of sp³-hybridized carbons (Fsp3) is 0.632. The molecule has 23 heavy (non-hydrogen) atoms. The molecule has 1 aromatic carbocycles. The molecule has 2 rings (SSSR count). The van der Waals surface area contributed by atoms with Gasteiger partial charge < -0.3 is 15.0 Å². The van der Waals surface area contributed by atoms with Gasteiger partial charge in [0.25, 0.3) is 0 Å². The standard InChI is InChI=1S/C19H30N2O2/c1-4-10-21-12-17(15(2)3)11-18(13-21)20-19(22)23-14-16-8-6-5-7-9-16/h5-9,15,17-18H,4,10-14H2,1-3H3,(H,20,22). The molecule has 4 heteroatoms. The molecule has 0 spiro atoms. The lowest BCUT2D eigenvalue weighted by Gasteiger charge is -2.39. The van der Waals surface area contributed by atoms with Gasteiger partial charge in [-0.15, -0.1) is 0 Å². The molecule has 1 saturated heterocycles. The van der Waals surface area contributed by atoms with E-state index in [9.17, 15) is 4.79 Å². The Labute approximate surface area is 140 Å². The van der Waals surface area contributed by atoms with Crippen LogP contribution >= 0.6 is 0 Å². The van der Waals surface area contributed by atoms with E-state index in [0.717, 1.165) is 38.0 Å². The maximum Gasteiger partial charge on any atom is 0.407 e. The zero-order valence-corrected chi connectivity index (χ0v) is 14.6. The number of nitrogens with one attached hydrogen (secondary N) is 1. The van der Waals surface area contributed by atoms with Gasteiger partial charge in [-0.25, -0.2) is 4.79 Å². The second-order valence-corrected chi connectivity index (χ2v) is 6.90. The van der Waals surface area contributed by atoms with Crippen LogP contribution in [-0.2, 0) is 11.3 Å². The molecule has 0 bridgehead atoms. The smallest absolute Gasteiger partial charge is 0.407 e. The van der Waals surface area contributed by atoms with Crippen LogP contribution in [-0.4, -0.2) is 36.7 Å². The number of amides is 1. The molecule has 2 unspecified atom stereocenters. The van der Waals surface area contributed by atoms with Crippen LogP contribution in [0.2, 0.25) is 0 Å². The quantitative estimate of drug-likeness (QED) is 0.870. The molecule has 2 atom stereocenters. The number of rotatable bonds is 6. The predicted octanol–water partition coefficient (Wildman–Crippen LogP) is 3.67. The molecule has 1 heterocycles. The highest BCUT2D eigenvalue weighted by Crippen LogP contribution is 2.24. The summed E-state index contributed by atoms with van der Waals surface area (Å²) in [5.41, 5.74) is 1.01. The Kier molecular flexibility index (Phi) is 6.90. The Bertz CT molecular complexity index is 476. The van der Waals surface area contributed by atoms with Gasteiger partial charge in [0.2, 0.25) is 0 Å². The lowest BCUT2D eigenvalue weighted by molar-refractivity contribution is 0.0980. The lowest BCUT2D eigenvalue weighted by Crippen LogP contribution is -2.51. The van der Waals surface area contributed by atoms with Crippen LogP contribution in [0.5, 0.6) is 0 Å². The molecule has 128 valence electrons. The average molecular weight is 318 g/mol. The zero-order chi connectivity index (χ0) is 16.7. The largest absolute Gasteiger partial charge is 0.445 e. The van der Waals surface area contributed by atoms with Crippen molar-refractivity contribution in [1.82, 2.24) is 10.2 Å². The maximum atomic E-state index is 12.1. The normalized spacial score (nSPS) is 22.1. The summed E-state index contributed by atoms with van der Waals surface area (Å²) in [6.07, 6.45) is 1.88. The molecule has 1 aliphatic rings. The van der Waals surface area contributed by atoms with Crippen molar-refractivity contribution < 1.29 is 9.53 Å². The molecular formula is C19H30N2O2. The number of benzene rings is 1. The summed E-state index contributed by atoms with van der Waals surface area (Å²) in [4.78, 5) is 14.5. The molecule has 1 aromatic rings. The summed E-state index contributed by atoms with van der Waals surface area (Å²) in [6, 6.07) is 9.98. The van der Waals surface area contributed by atoms with Gasteiger partial charge >= 0.3 is 6.09 Å². The second-order valence-electron chi connectivity index (χ2n) is 6.90. The number of piperidine rings is 1. The van der Waals surface area contributed by atoms with E-state index < -0.39 is 0 Å². The first kappa shape index (κ1) is 17.8. The van der Waals surface area contributed by atoms with Crippen LogP contribution < -0.4 is 5.32 Å². The third-order valence-electron chi connectivity index (χ3n) is 4.58. The monoisotopic (exact) mass is 318 g/mol. The average Bonchev–Trinajstić information content (AvgIpc) is 2.54. The Hall–Kier alpha value is -1.55. The van der Waals surface area contributed by atoms with Crippen LogP contribution in [0.1, 0.15) is 39.2 Å². The van der Waals surface area contributed by atoms with E-state index in [4.69, 9.17) is 4.74 Å². The summed E-state index contributed by atoms with van der Waals surface area (Å²) in [5, 5.41) is 3.06. The van der Waals surface area contributed by atoms with Gasteiger partial charge in [-0.2, -0.15) is 0 Å². The van der Waals surface area contributed by atoms with Crippen LogP contribution in [0.3, 0.4) is 0 Å². The van der Waals surface area contributed by atoms with E-state index in [1.807, 2.05) is 30.3 Å². The van der Waals surface area contributed by atoms with Crippen molar-refractivity contribution in [3.8, 4) is 0 Å². The van der Waals surface area contributed by atoms with Crippen LogP contribution in [0.15, 0.2) is 30.3 Å². The van der Waals surface area contributed by atoms with Crippen LogP contribution in [0.4, 0.5) is 4.79 Å². The maximum absolute atomic E-state index is 12.1. The predicted molar refractivity (Wildman–Crippen MR) is 93.2 cm³/mol. The Morgan fingerprint density at radius 1 is 1.30 bits per heavy atom. The van der Waals surface area contributed by atoms with Crippen molar-refractivity contribution in [1.29, 1.82) is 0 Å². The highest BCUT2D eigenvalue weighted by molar-refractivity contribution is 5.67. The van der Waals surface area contributed by atoms with Gasteiger partial charge in [-0.1, -0.05) is 51.1 Å². The number of ether oxygens (including phenoxy) is 1. The topological polar surface area (TPSA) is 41.6 Å². The molecular weight excluding hydrogens is 288 g/mol. The SMILES string of the molecule is CCCN1CC(NC(=O)OCc2ccccc2)CC(C(C)C)C1. The number of likely N-dealkylation sites (tertiary alicyclic amines) is 1. The lowest BCUT2D eigenvalue weighted by atomic mass is 9.85. The molecule has 1 N–H and O–H groups in total. The van der Waals surface area contributed by atoms with E-state index in [-0.39, 0.29) is 12.1 Å². The molecule has 1 amide bonds. The zero-order valence-electron chi connectivity index (χ0n) is 14.6. The van der Waals surface area contributed by atoms with Gasteiger partial charge in [-0.3, -0.25) is 0 Å². The molecule has 4 nitrogen and oxygen atoms in total. The molecule has 1 fully saturated rings. The number of hydrogen-bond acceptors (Lipinski definition) is 3. The summed E-state index contributed by atoms with van der Waals surface area (Å²) >= 11 is 0. The van der Waals surface area contributed by atoms with E-state index >= 15 is 0 Å².